The monoisotopic (exact) mass is 606 g/mol. The van der Waals surface area contributed by atoms with Gasteiger partial charge < -0.3 is 25.8 Å². The highest BCUT2D eigenvalue weighted by Gasteiger charge is 2.19. The van der Waals surface area contributed by atoms with Gasteiger partial charge >= 0.3 is 0 Å². The van der Waals surface area contributed by atoms with Gasteiger partial charge in [-0.3, -0.25) is 4.79 Å². The lowest BCUT2D eigenvalue weighted by atomic mass is 10.0. The predicted molar refractivity (Wildman–Crippen MR) is 166 cm³/mol. The van der Waals surface area contributed by atoms with Gasteiger partial charge in [0.15, 0.2) is 11.6 Å². The molecule has 4 aromatic rings. The Balaban J connectivity index is 0.000000565. The normalized spacial score (nSPS) is 15.4. The molecule has 0 bridgehead atoms. The van der Waals surface area contributed by atoms with E-state index in [1.54, 1.807) is 24.3 Å². The number of aromatic nitrogens is 1. The summed E-state index contributed by atoms with van der Waals surface area (Å²) < 4.78 is 46.7. The number of halogens is 3. The number of nitrogens with zero attached hydrogens (tertiary/aromatic N) is 1. The van der Waals surface area contributed by atoms with Crippen LogP contribution in [0.5, 0.6) is 11.5 Å². The number of carbonyl (C=O) groups excluding carboxylic acids is 1. The Bertz CT molecular complexity index is 1530. The SMILES string of the molecule is C1CCNC1.CC.O=C(Nc1ccc(OC2CCNC2)c(-c2ccc(F)nc2)c1)c1ccc(O)c(-c2ccc(F)c(F)c2)c1. The van der Waals surface area contributed by atoms with Crippen molar-refractivity contribution in [3.05, 3.63) is 96.1 Å². The number of amides is 1. The molecule has 1 unspecified atom stereocenters. The van der Waals surface area contributed by atoms with Gasteiger partial charge in [0.05, 0.1) is 0 Å². The van der Waals surface area contributed by atoms with Crippen LogP contribution >= 0.6 is 0 Å². The molecule has 2 aliphatic heterocycles. The maximum Gasteiger partial charge on any atom is 0.255 e. The molecule has 0 radical (unpaired) electrons. The van der Waals surface area contributed by atoms with E-state index in [0.29, 0.717) is 29.1 Å². The summed E-state index contributed by atoms with van der Waals surface area (Å²) >= 11 is 0. The van der Waals surface area contributed by atoms with Crippen LogP contribution in [0.1, 0.15) is 43.5 Å². The average Bonchev–Trinajstić information content (AvgIpc) is 3.79. The summed E-state index contributed by atoms with van der Waals surface area (Å²) in [4.78, 5) is 16.8. The lowest BCUT2D eigenvalue weighted by Gasteiger charge is -2.18. The quantitative estimate of drug-likeness (QED) is 0.178. The second kappa shape index (κ2) is 15.9. The Kier molecular flexibility index (Phi) is 11.7. The molecular weight excluding hydrogens is 569 g/mol. The number of aromatic hydroxyl groups is 1. The number of ether oxygens (including phenoxy) is 1. The van der Waals surface area contributed by atoms with Crippen LogP contribution < -0.4 is 20.7 Å². The van der Waals surface area contributed by atoms with E-state index in [2.05, 4.69) is 20.9 Å². The summed E-state index contributed by atoms with van der Waals surface area (Å²) in [6.45, 7) is 8.06. The number of anilines is 1. The number of rotatable bonds is 6. The van der Waals surface area contributed by atoms with E-state index in [-0.39, 0.29) is 28.5 Å². The Labute approximate surface area is 255 Å². The molecule has 1 aromatic heterocycles. The molecule has 232 valence electrons. The van der Waals surface area contributed by atoms with E-state index in [1.165, 1.54) is 62.5 Å². The van der Waals surface area contributed by atoms with Crippen molar-refractivity contribution in [2.75, 3.05) is 31.5 Å². The third kappa shape index (κ3) is 8.58. The van der Waals surface area contributed by atoms with Crippen LogP contribution in [-0.2, 0) is 0 Å². The van der Waals surface area contributed by atoms with Crippen molar-refractivity contribution in [1.82, 2.24) is 15.6 Å². The molecule has 2 fully saturated rings. The number of phenols is 1. The zero-order chi connectivity index (χ0) is 31.5. The summed E-state index contributed by atoms with van der Waals surface area (Å²) in [6, 6.07) is 15.3. The van der Waals surface area contributed by atoms with E-state index >= 15 is 0 Å². The largest absolute Gasteiger partial charge is 0.507 e. The molecule has 3 aromatic carbocycles. The predicted octanol–water partition coefficient (Wildman–Crippen LogP) is 6.93. The van der Waals surface area contributed by atoms with Gasteiger partial charge in [0.1, 0.15) is 17.6 Å². The van der Waals surface area contributed by atoms with Gasteiger partial charge in [0.2, 0.25) is 5.95 Å². The standard InChI is InChI=1S/C28H22F3N3O3.C4H9N.C2H6/c29-23-5-1-16(12-24(23)30)21-11-17(2-6-25(21)35)28(36)34-19-4-7-26(37-20-9-10-32-15-20)22(13-19)18-3-8-27(31)33-14-18;1-2-4-5-3-1;1-2/h1-8,11-14,20,32,35H,9-10,15H2,(H,34,36);5H,1-4H2;1-2H3. The fourth-order valence-electron chi connectivity index (χ4n) is 4.78. The highest BCUT2D eigenvalue weighted by atomic mass is 19.2. The highest BCUT2D eigenvalue weighted by Crippen LogP contribution is 2.35. The molecule has 3 heterocycles. The van der Waals surface area contributed by atoms with E-state index in [0.717, 1.165) is 25.1 Å². The summed E-state index contributed by atoms with van der Waals surface area (Å²) in [7, 11) is 0. The Morgan fingerprint density at radius 1 is 0.864 bits per heavy atom. The minimum absolute atomic E-state index is 0.0145. The van der Waals surface area contributed by atoms with Gasteiger partial charge in [-0.2, -0.15) is 4.39 Å². The first-order valence-corrected chi connectivity index (χ1v) is 14.8. The molecule has 1 atom stereocenters. The maximum absolute atomic E-state index is 13.7. The fourth-order valence-corrected chi connectivity index (χ4v) is 4.78. The molecule has 7 nitrogen and oxygen atoms in total. The molecule has 0 aliphatic carbocycles. The first-order chi connectivity index (χ1) is 21.4. The van der Waals surface area contributed by atoms with Gasteiger partial charge in [-0.1, -0.05) is 19.9 Å². The molecule has 4 N–H and O–H groups in total. The summed E-state index contributed by atoms with van der Waals surface area (Å²) in [5, 5.41) is 19.5. The zero-order valence-corrected chi connectivity index (χ0v) is 24.8. The van der Waals surface area contributed by atoms with Crippen molar-refractivity contribution in [1.29, 1.82) is 0 Å². The number of phenolic OH excluding ortho intramolecular Hbond substituents is 1. The molecule has 44 heavy (non-hydrogen) atoms. The van der Waals surface area contributed by atoms with E-state index in [1.807, 2.05) is 13.8 Å². The molecule has 2 saturated heterocycles. The average molecular weight is 607 g/mol. The number of pyridine rings is 1. The molecular formula is C34H37F3N4O3. The zero-order valence-electron chi connectivity index (χ0n) is 24.8. The molecule has 0 spiro atoms. The Morgan fingerprint density at radius 2 is 1.64 bits per heavy atom. The Hall–Kier alpha value is -4.41. The minimum Gasteiger partial charge on any atom is -0.507 e. The van der Waals surface area contributed by atoms with Crippen molar-refractivity contribution in [2.24, 2.45) is 0 Å². The lowest BCUT2D eigenvalue weighted by molar-refractivity contribution is 0.102. The number of carbonyl (C=O) groups is 1. The molecule has 0 saturated carbocycles. The second-order valence-corrected chi connectivity index (χ2v) is 10.1. The molecule has 2 aliphatic rings. The first kappa shape index (κ1) is 32.5. The van der Waals surface area contributed by atoms with Crippen LogP contribution in [0.3, 0.4) is 0 Å². The summed E-state index contributed by atoms with van der Waals surface area (Å²) in [6.07, 6.45) is 5.00. The number of nitrogens with one attached hydrogen (secondary N) is 3. The second-order valence-electron chi connectivity index (χ2n) is 10.1. The molecule has 1 amide bonds. The smallest absolute Gasteiger partial charge is 0.255 e. The maximum atomic E-state index is 13.7. The summed E-state index contributed by atoms with van der Waals surface area (Å²) in [5.41, 5.74) is 2.29. The van der Waals surface area contributed by atoms with E-state index in [9.17, 15) is 23.1 Å². The van der Waals surface area contributed by atoms with Gasteiger partial charge in [-0.25, -0.2) is 13.8 Å². The van der Waals surface area contributed by atoms with E-state index in [4.69, 9.17) is 4.74 Å². The van der Waals surface area contributed by atoms with Gasteiger partial charge in [-0.15, -0.1) is 0 Å². The van der Waals surface area contributed by atoms with Crippen molar-refractivity contribution >= 4 is 11.6 Å². The van der Waals surface area contributed by atoms with E-state index < -0.39 is 23.5 Å². The lowest BCUT2D eigenvalue weighted by Crippen LogP contribution is -2.20. The first-order valence-electron chi connectivity index (χ1n) is 14.8. The van der Waals surface area contributed by atoms with Crippen LogP contribution in [0.4, 0.5) is 18.9 Å². The van der Waals surface area contributed by atoms with Gasteiger partial charge in [0.25, 0.3) is 5.91 Å². The fraction of sp³-hybridized carbons (Fsp3) is 0.294. The third-order valence-electron chi connectivity index (χ3n) is 7.03. The minimum atomic E-state index is -1.06. The number of hydrogen-bond acceptors (Lipinski definition) is 6. The molecule has 10 heteroatoms. The van der Waals surface area contributed by atoms with Crippen molar-refractivity contribution in [2.45, 2.75) is 39.2 Å². The van der Waals surface area contributed by atoms with Crippen LogP contribution in [0.15, 0.2) is 72.9 Å². The van der Waals surface area contributed by atoms with Crippen LogP contribution in [0.25, 0.3) is 22.3 Å². The third-order valence-corrected chi connectivity index (χ3v) is 7.03. The van der Waals surface area contributed by atoms with Crippen LogP contribution in [0, 0.1) is 17.6 Å². The number of hydrogen-bond donors (Lipinski definition) is 4. The molecule has 6 rings (SSSR count). The van der Waals surface area contributed by atoms with Crippen LogP contribution in [-0.4, -0.2) is 48.3 Å². The van der Waals surface area contributed by atoms with Crippen molar-refractivity contribution in [3.63, 3.8) is 0 Å². The van der Waals surface area contributed by atoms with Gasteiger partial charge in [-0.05, 0) is 105 Å². The number of benzene rings is 3. The van der Waals surface area contributed by atoms with Crippen LogP contribution in [0.2, 0.25) is 0 Å². The van der Waals surface area contributed by atoms with Crippen molar-refractivity contribution in [3.8, 4) is 33.8 Å². The topological polar surface area (TPSA) is 95.5 Å². The van der Waals surface area contributed by atoms with Crippen molar-refractivity contribution < 1.29 is 27.8 Å². The summed E-state index contributed by atoms with van der Waals surface area (Å²) in [5.74, 6) is -2.78. The highest BCUT2D eigenvalue weighted by molar-refractivity contribution is 6.05. The van der Waals surface area contributed by atoms with Gasteiger partial charge in [0, 0.05) is 40.7 Å². The Morgan fingerprint density at radius 3 is 2.27 bits per heavy atom.